The Balaban J connectivity index is 2.10. The minimum absolute atomic E-state index is 0.264. The molecule has 0 amide bonds. The Morgan fingerprint density at radius 1 is 1.56 bits per heavy atom. The maximum atomic E-state index is 8.07. The summed E-state index contributed by atoms with van der Waals surface area (Å²) >= 11 is 0. The number of nitrogens with one attached hydrogen (secondary N) is 2. The second-order valence-electron chi connectivity index (χ2n) is 5.11. The molecule has 1 aromatic rings. The highest BCUT2D eigenvalue weighted by atomic mass is 15.0. The summed E-state index contributed by atoms with van der Waals surface area (Å²) in [6.45, 7) is 2.05. The Morgan fingerprint density at radius 3 is 2.89 bits per heavy atom. The van der Waals surface area contributed by atoms with Gasteiger partial charge in [0.05, 0.1) is 11.4 Å². The van der Waals surface area contributed by atoms with Crippen molar-refractivity contribution in [2.24, 2.45) is 5.92 Å². The van der Waals surface area contributed by atoms with Crippen molar-refractivity contribution in [1.29, 1.82) is 5.41 Å². The molecule has 1 heterocycles. The van der Waals surface area contributed by atoms with Gasteiger partial charge in [-0.05, 0) is 32.7 Å². The van der Waals surface area contributed by atoms with Crippen LogP contribution in [0.4, 0.5) is 5.82 Å². The molecule has 1 saturated carbocycles. The van der Waals surface area contributed by atoms with Gasteiger partial charge in [-0.25, -0.2) is 9.97 Å². The molecule has 0 aliphatic heterocycles. The molecule has 1 aliphatic rings. The van der Waals surface area contributed by atoms with Gasteiger partial charge in [-0.1, -0.05) is 0 Å². The van der Waals surface area contributed by atoms with Gasteiger partial charge in [-0.3, -0.25) is 0 Å². The van der Waals surface area contributed by atoms with Crippen LogP contribution in [-0.2, 0) is 6.42 Å². The van der Waals surface area contributed by atoms with Crippen molar-refractivity contribution in [3.05, 3.63) is 17.6 Å². The number of nitrogens with two attached hydrogens (primary N) is 1. The van der Waals surface area contributed by atoms with Crippen LogP contribution in [0.3, 0.4) is 0 Å². The van der Waals surface area contributed by atoms with Crippen molar-refractivity contribution in [3.63, 3.8) is 0 Å². The number of aromatic nitrogens is 2. The van der Waals surface area contributed by atoms with E-state index < -0.39 is 0 Å². The van der Waals surface area contributed by atoms with Crippen molar-refractivity contribution in [2.45, 2.75) is 38.6 Å². The zero-order valence-electron chi connectivity index (χ0n) is 11.0. The third kappa shape index (κ3) is 3.50. The van der Waals surface area contributed by atoms with E-state index in [1.54, 1.807) is 6.07 Å². The van der Waals surface area contributed by atoms with Crippen LogP contribution in [0.2, 0.25) is 0 Å². The van der Waals surface area contributed by atoms with E-state index in [0.29, 0.717) is 23.6 Å². The lowest BCUT2D eigenvalue weighted by molar-refractivity contribution is 0.632. The van der Waals surface area contributed by atoms with E-state index in [0.717, 1.165) is 18.2 Å². The predicted octanol–water partition coefficient (Wildman–Crippen LogP) is 1.38. The number of anilines is 1. The van der Waals surface area contributed by atoms with Gasteiger partial charge in [0.25, 0.3) is 0 Å². The van der Waals surface area contributed by atoms with Gasteiger partial charge in [0.2, 0.25) is 0 Å². The van der Waals surface area contributed by atoms with E-state index in [2.05, 4.69) is 15.3 Å². The monoisotopic (exact) mass is 247 g/mol. The highest BCUT2D eigenvalue weighted by molar-refractivity contribution is 5.97. The van der Waals surface area contributed by atoms with Crippen LogP contribution in [0.5, 0.6) is 0 Å². The summed E-state index contributed by atoms with van der Waals surface area (Å²) in [5, 5.41) is 11.2. The third-order valence-electron chi connectivity index (χ3n) is 3.27. The van der Waals surface area contributed by atoms with Gasteiger partial charge in [-0.15, -0.1) is 0 Å². The second kappa shape index (κ2) is 5.44. The number of hydrogen-bond acceptors (Lipinski definition) is 5. The molecule has 0 aromatic carbocycles. The van der Waals surface area contributed by atoms with Crippen LogP contribution in [0.1, 0.15) is 37.7 Å². The Bertz CT molecular complexity index is 439. The van der Waals surface area contributed by atoms with E-state index >= 15 is 0 Å². The maximum Gasteiger partial charge on any atom is 0.131 e. The van der Waals surface area contributed by atoms with Gasteiger partial charge < -0.3 is 16.5 Å². The average molecular weight is 247 g/mol. The molecule has 0 unspecified atom stereocenters. The SMILES string of the molecule is CN[C@H](C)CC(=N)c1cc(N)nc(CC2CC2)n1. The number of nitrogen functional groups attached to an aromatic ring is 1. The molecule has 1 fully saturated rings. The molecule has 5 heteroatoms. The molecule has 1 aliphatic carbocycles. The summed E-state index contributed by atoms with van der Waals surface area (Å²) in [4.78, 5) is 8.71. The Kier molecular flexibility index (Phi) is 3.91. The number of hydrogen-bond donors (Lipinski definition) is 3. The topological polar surface area (TPSA) is 87.7 Å². The molecule has 0 spiro atoms. The molecule has 1 aromatic heterocycles. The lowest BCUT2D eigenvalue weighted by Gasteiger charge is -2.11. The molecule has 18 heavy (non-hydrogen) atoms. The van der Waals surface area contributed by atoms with Gasteiger partial charge >= 0.3 is 0 Å². The summed E-state index contributed by atoms with van der Waals surface area (Å²) in [5.74, 6) is 1.98. The van der Waals surface area contributed by atoms with Crippen molar-refractivity contribution in [2.75, 3.05) is 12.8 Å². The van der Waals surface area contributed by atoms with E-state index in [1.165, 1.54) is 12.8 Å². The van der Waals surface area contributed by atoms with Gasteiger partial charge in [-0.2, -0.15) is 0 Å². The van der Waals surface area contributed by atoms with Crippen molar-refractivity contribution in [1.82, 2.24) is 15.3 Å². The normalized spacial score (nSPS) is 16.6. The minimum atomic E-state index is 0.264. The van der Waals surface area contributed by atoms with Gasteiger partial charge in [0, 0.05) is 24.9 Å². The second-order valence-corrected chi connectivity index (χ2v) is 5.11. The first kappa shape index (κ1) is 13.0. The molecule has 1 atom stereocenters. The first-order valence-corrected chi connectivity index (χ1v) is 6.47. The maximum absolute atomic E-state index is 8.07. The smallest absolute Gasteiger partial charge is 0.131 e. The van der Waals surface area contributed by atoms with Crippen LogP contribution in [0.15, 0.2) is 6.07 Å². The van der Waals surface area contributed by atoms with E-state index in [9.17, 15) is 0 Å². The molecule has 0 saturated heterocycles. The third-order valence-corrected chi connectivity index (χ3v) is 3.27. The first-order chi connectivity index (χ1) is 8.58. The van der Waals surface area contributed by atoms with E-state index in [-0.39, 0.29) is 6.04 Å². The van der Waals surface area contributed by atoms with Crippen molar-refractivity contribution >= 4 is 11.5 Å². The summed E-state index contributed by atoms with van der Waals surface area (Å²) in [6, 6.07) is 1.96. The lowest BCUT2D eigenvalue weighted by Crippen LogP contribution is -2.25. The zero-order chi connectivity index (χ0) is 13.1. The van der Waals surface area contributed by atoms with Crippen LogP contribution >= 0.6 is 0 Å². The van der Waals surface area contributed by atoms with Crippen LogP contribution in [0, 0.1) is 11.3 Å². The largest absolute Gasteiger partial charge is 0.384 e. The molecule has 5 nitrogen and oxygen atoms in total. The minimum Gasteiger partial charge on any atom is -0.384 e. The Labute approximate surface area is 108 Å². The molecule has 0 radical (unpaired) electrons. The fourth-order valence-electron chi connectivity index (χ4n) is 1.86. The Morgan fingerprint density at radius 2 is 2.28 bits per heavy atom. The molecular formula is C13H21N5. The summed E-state index contributed by atoms with van der Waals surface area (Å²) in [7, 11) is 1.89. The molecule has 4 N–H and O–H groups in total. The lowest BCUT2D eigenvalue weighted by atomic mass is 10.1. The highest BCUT2D eigenvalue weighted by Gasteiger charge is 2.23. The fraction of sp³-hybridized carbons (Fsp3) is 0.615. The first-order valence-electron chi connectivity index (χ1n) is 6.47. The van der Waals surface area contributed by atoms with Crippen molar-refractivity contribution in [3.8, 4) is 0 Å². The molecule has 98 valence electrons. The van der Waals surface area contributed by atoms with Crippen LogP contribution in [0.25, 0.3) is 0 Å². The Hall–Kier alpha value is -1.49. The number of nitrogens with zero attached hydrogens (tertiary/aromatic N) is 2. The molecular weight excluding hydrogens is 226 g/mol. The van der Waals surface area contributed by atoms with Crippen LogP contribution < -0.4 is 11.1 Å². The van der Waals surface area contributed by atoms with Gasteiger partial charge in [0.1, 0.15) is 11.6 Å². The van der Waals surface area contributed by atoms with Gasteiger partial charge in [0.15, 0.2) is 0 Å². The predicted molar refractivity (Wildman–Crippen MR) is 72.8 cm³/mol. The quantitative estimate of drug-likeness (QED) is 0.663. The fourth-order valence-corrected chi connectivity index (χ4v) is 1.86. The number of rotatable bonds is 6. The van der Waals surface area contributed by atoms with Crippen LogP contribution in [-0.4, -0.2) is 28.8 Å². The summed E-state index contributed by atoms with van der Waals surface area (Å²) in [5.41, 5.74) is 6.98. The molecule has 0 bridgehead atoms. The summed E-state index contributed by atoms with van der Waals surface area (Å²) in [6.07, 6.45) is 4.08. The van der Waals surface area contributed by atoms with E-state index in [1.807, 2.05) is 14.0 Å². The summed E-state index contributed by atoms with van der Waals surface area (Å²) < 4.78 is 0. The highest BCUT2D eigenvalue weighted by Crippen LogP contribution is 2.31. The molecule has 2 rings (SSSR count). The zero-order valence-corrected chi connectivity index (χ0v) is 11.0. The van der Waals surface area contributed by atoms with E-state index in [4.69, 9.17) is 11.1 Å². The average Bonchev–Trinajstić information content (AvgIpc) is 3.11. The van der Waals surface area contributed by atoms with Crippen molar-refractivity contribution < 1.29 is 0 Å². The standard InChI is InChI=1S/C13H21N5/c1-8(16-2)5-10(14)11-7-12(15)18-13(17-11)6-9-3-4-9/h7-9,14,16H,3-6H2,1-2H3,(H2,15,17,18)/t8-/m1/s1.